The number of carbonyl (C=O) groups is 2. The SMILES string of the molecule is COCc1cccc(CNC(=O)NCCCC(=O)O)c1. The third-order valence-electron chi connectivity index (χ3n) is 2.61. The first-order valence-electron chi connectivity index (χ1n) is 6.42. The highest BCUT2D eigenvalue weighted by molar-refractivity contribution is 5.73. The lowest BCUT2D eigenvalue weighted by atomic mass is 10.1. The number of benzene rings is 1. The van der Waals surface area contributed by atoms with Gasteiger partial charge in [-0.15, -0.1) is 0 Å². The molecule has 0 fully saturated rings. The molecule has 0 unspecified atom stereocenters. The van der Waals surface area contributed by atoms with E-state index in [1.807, 2.05) is 24.3 Å². The Morgan fingerprint density at radius 2 is 2.00 bits per heavy atom. The molecule has 20 heavy (non-hydrogen) atoms. The van der Waals surface area contributed by atoms with E-state index in [4.69, 9.17) is 9.84 Å². The second kappa shape index (κ2) is 8.92. The van der Waals surface area contributed by atoms with Crippen LogP contribution in [0.5, 0.6) is 0 Å². The van der Waals surface area contributed by atoms with Crippen LogP contribution in [0.2, 0.25) is 0 Å². The van der Waals surface area contributed by atoms with E-state index in [0.717, 1.165) is 11.1 Å². The number of ether oxygens (including phenoxy) is 1. The molecule has 0 heterocycles. The summed E-state index contributed by atoms with van der Waals surface area (Å²) in [6, 6.07) is 7.46. The molecule has 0 saturated carbocycles. The molecule has 0 aliphatic carbocycles. The van der Waals surface area contributed by atoms with Gasteiger partial charge in [0.2, 0.25) is 0 Å². The molecule has 0 atom stereocenters. The number of nitrogens with one attached hydrogen (secondary N) is 2. The summed E-state index contributed by atoms with van der Waals surface area (Å²) in [5, 5.41) is 13.8. The quantitative estimate of drug-likeness (QED) is 0.630. The Bertz CT molecular complexity index is 449. The lowest BCUT2D eigenvalue weighted by Gasteiger charge is -2.08. The number of urea groups is 1. The predicted octanol–water partition coefficient (Wildman–Crippen LogP) is 1.50. The zero-order valence-corrected chi connectivity index (χ0v) is 11.5. The van der Waals surface area contributed by atoms with Crippen LogP contribution < -0.4 is 10.6 Å². The number of carboxylic acid groups (broad SMARTS) is 1. The van der Waals surface area contributed by atoms with Gasteiger partial charge in [-0.3, -0.25) is 4.79 Å². The minimum atomic E-state index is -0.859. The lowest BCUT2D eigenvalue weighted by molar-refractivity contribution is -0.137. The van der Waals surface area contributed by atoms with Crippen molar-refractivity contribution in [1.29, 1.82) is 0 Å². The zero-order valence-electron chi connectivity index (χ0n) is 11.5. The van der Waals surface area contributed by atoms with E-state index in [1.165, 1.54) is 0 Å². The van der Waals surface area contributed by atoms with Crippen LogP contribution in [0.25, 0.3) is 0 Å². The van der Waals surface area contributed by atoms with Gasteiger partial charge in [0, 0.05) is 26.6 Å². The highest BCUT2D eigenvalue weighted by Crippen LogP contribution is 2.06. The monoisotopic (exact) mass is 280 g/mol. The molecule has 3 N–H and O–H groups in total. The molecule has 1 aromatic rings. The van der Waals surface area contributed by atoms with Crippen molar-refractivity contribution in [2.75, 3.05) is 13.7 Å². The molecule has 0 aliphatic heterocycles. The Morgan fingerprint density at radius 3 is 2.70 bits per heavy atom. The summed E-state index contributed by atoms with van der Waals surface area (Å²) < 4.78 is 5.05. The van der Waals surface area contributed by atoms with E-state index < -0.39 is 5.97 Å². The molecule has 2 amide bonds. The highest BCUT2D eigenvalue weighted by Gasteiger charge is 2.02. The molecule has 0 aliphatic rings. The number of carboxylic acids is 1. The number of methoxy groups -OCH3 is 1. The Labute approximate surface area is 118 Å². The van der Waals surface area contributed by atoms with E-state index in [1.54, 1.807) is 7.11 Å². The van der Waals surface area contributed by atoms with Gasteiger partial charge in [-0.25, -0.2) is 4.79 Å². The minimum absolute atomic E-state index is 0.0549. The van der Waals surface area contributed by atoms with Crippen molar-refractivity contribution in [3.05, 3.63) is 35.4 Å². The summed E-state index contributed by atoms with van der Waals surface area (Å²) in [4.78, 5) is 21.8. The maximum Gasteiger partial charge on any atom is 0.315 e. The van der Waals surface area contributed by atoms with Crippen molar-refractivity contribution in [1.82, 2.24) is 10.6 Å². The number of amides is 2. The van der Waals surface area contributed by atoms with Gasteiger partial charge in [0.05, 0.1) is 6.61 Å². The molecule has 110 valence electrons. The average molecular weight is 280 g/mol. The van der Waals surface area contributed by atoms with Gasteiger partial charge in [0.1, 0.15) is 0 Å². The molecule has 6 nitrogen and oxygen atoms in total. The van der Waals surface area contributed by atoms with Crippen molar-refractivity contribution in [2.24, 2.45) is 0 Å². The number of rotatable bonds is 8. The van der Waals surface area contributed by atoms with Gasteiger partial charge in [0.25, 0.3) is 0 Å². The topological polar surface area (TPSA) is 87.7 Å². The van der Waals surface area contributed by atoms with Gasteiger partial charge < -0.3 is 20.5 Å². The first-order valence-corrected chi connectivity index (χ1v) is 6.42. The Kier molecular flexibility index (Phi) is 7.13. The first kappa shape index (κ1) is 16.0. The van der Waals surface area contributed by atoms with Crippen LogP contribution in [0, 0.1) is 0 Å². The molecule has 6 heteroatoms. The van der Waals surface area contributed by atoms with Crippen LogP contribution >= 0.6 is 0 Å². The molecule has 0 bridgehead atoms. The van der Waals surface area contributed by atoms with Crippen LogP contribution in [0.3, 0.4) is 0 Å². The van der Waals surface area contributed by atoms with Gasteiger partial charge in [-0.2, -0.15) is 0 Å². The van der Waals surface area contributed by atoms with Crippen LogP contribution in [0.1, 0.15) is 24.0 Å². The third-order valence-corrected chi connectivity index (χ3v) is 2.61. The second-order valence-electron chi connectivity index (χ2n) is 4.36. The Morgan fingerprint density at radius 1 is 1.25 bits per heavy atom. The molecule has 0 saturated heterocycles. The van der Waals surface area contributed by atoms with Crippen LogP contribution in [-0.4, -0.2) is 30.8 Å². The standard InChI is InChI=1S/C14H20N2O4/c1-20-10-12-5-2-4-11(8-12)9-16-14(19)15-7-3-6-13(17)18/h2,4-5,8H,3,6-7,9-10H2,1H3,(H,17,18)(H2,15,16,19). The normalized spacial score (nSPS) is 10.1. The summed E-state index contributed by atoms with van der Waals surface area (Å²) in [6.45, 7) is 1.30. The van der Waals surface area contributed by atoms with E-state index in [9.17, 15) is 9.59 Å². The molecular formula is C14H20N2O4. The van der Waals surface area contributed by atoms with E-state index in [-0.39, 0.29) is 12.5 Å². The van der Waals surface area contributed by atoms with Crippen molar-refractivity contribution in [3.63, 3.8) is 0 Å². The van der Waals surface area contributed by atoms with Crippen LogP contribution in [0.4, 0.5) is 4.79 Å². The van der Waals surface area contributed by atoms with Crippen LogP contribution in [0.15, 0.2) is 24.3 Å². The van der Waals surface area contributed by atoms with E-state index >= 15 is 0 Å². The number of hydrogen-bond donors (Lipinski definition) is 3. The van der Waals surface area contributed by atoms with Gasteiger partial charge in [0.15, 0.2) is 0 Å². The predicted molar refractivity (Wildman–Crippen MR) is 74.3 cm³/mol. The Hall–Kier alpha value is -2.08. The van der Waals surface area contributed by atoms with Gasteiger partial charge in [-0.1, -0.05) is 24.3 Å². The summed E-state index contributed by atoms with van der Waals surface area (Å²) >= 11 is 0. The molecule has 1 aromatic carbocycles. The second-order valence-corrected chi connectivity index (χ2v) is 4.36. The van der Waals surface area contributed by atoms with Crippen molar-refractivity contribution < 1.29 is 19.4 Å². The number of carbonyl (C=O) groups excluding carboxylic acids is 1. The van der Waals surface area contributed by atoms with Crippen molar-refractivity contribution in [2.45, 2.75) is 26.0 Å². The third kappa shape index (κ3) is 6.75. The minimum Gasteiger partial charge on any atom is -0.481 e. The largest absolute Gasteiger partial charge is 0.481 e. The summed E-state index contributed by atoms with van der Waals surface area (Å²) in [5.41, 5.74) is 2.04. The molecular weight excluding hydrogens is 260 g/mol. The summed E-state index contributed by atoms with van der Waals surface area (Å²) in [5.74, 6) is -0.859. The average Bonchev–Trinajstić information content (AvgIpc) is 2.42. The lowest BCUT2D eigenvalue weighted by Crippen LogP contribution is -2.35. The van der Waals surface area contributed by atoms with E-state index in [0.29, 0.717) is 26.1 Å². The number of hydrogen-bond acceptors (Lipinski definition) is 3. The van der Waals surface area contributed by atoms with Gasteiger partial charge >= 0.3 is 12.0 Å². The Balaban J connectivity index is 2.26. The molecule has 0 radical (unpaired) electrons. The molecule has 1 rings (SSSR count). The fraction of sp³-hybridized carbons (Fsp3) is 0.429. The maximum absolute atomic E-state index is 11.5. The van der Waals surface area contributed by atoms with Crippen molar-refractivity contribution in [3.8, 4) is 0 Å². The highest BCUT2D eigenvalue weighted by atomic mass is 16.5. The summed E-state index contributed by atoms with van der Waals surface area (Å²) in [7, 11) is 1.63. The zero-order chi connectivity index (χ0) is 14.8. The molecule has 0 aromatic heterocycles. The van der Waals surface area contributed by atoms with Crippen molar-refractivity contribution >= 4 is 12.0 Å². The first-order chi connectivity index (χ1) is 9.61. The van der Waals surface area contributed by atoms with E-state index in [2.05, 4.69) is 10.6 Å². The molecule has 0 spiro atoms. The fourth-order valence-corrected chi connectivity index (χ4v) is 1.68. The number of aliphatic carboxylic acids is 1. The maximum atomic E-state index is 11.5. The summed E-state index contributed by atoms with van der Waals surface area (Å²) in [6.07, 6.45) is 0.478. The van der Waals surface area contributed by atoms with Gasteiger partial charge in [-0.05, 0) is 17.5 Å². The fourth-order valence-electron chi connectivity index (χ4n) is 1.68. The van der Waals surface area contributed by atoms with Crippen LogP contribution in [-0.2, 0) is 22.7 Å². The smallest absolute Gasteiger partial charge is 0.315 e.